The molecular weight excluding hydrogens is 234 g/mol. The summed E-state index contributed by atoms with van der Waals surface area (Å²) in [6.07, 6.45) is 3.19. The Morgan fingerprint density at radius 3 is 2.44 bits per heavy atom. The Balaban J connectivity index is 1.86. The molecule has 0 aromatic carbocycles. The van der Waals surface area contributed by atoms with Crippen molar-refractivity contribution in [2.24, 2.45) is 5.73 Å². The van der Waals surface area contributed by atoms with Crippen LogP contribution in [0.1, 0.15) is 25.7 Å². The number of amides is 1. The van der Waals surface area contributed by atoms with E-state index in [1.165, 1.54) is 4.90 Å². The predicted octanol–water partition coefficient (Wildman–Crippen LogP) is -0.515. The summed E-state index contributed by atoms with van der Waals surface area (Å²) in [4.78, 5) is 26.7. The highest BCUT2D eigenvalue weighted by molar-refractivity contribution is 5.85. The maximum Gasteiger partial charge on any atom is 0.326 e. The van der Waals surface area contributed by atoms with Gasteiger partial charge in [-0.2, -0.15) is 0 Å². The molecule has 0 aliphatic carbocycles. The predicted molar refractivity (Wildman–Crippen MR) is 66.0 cm³/mol. The van der Waals surface area contributed by atoms with Crippen molar-refractivity contribution in [2.45, 2.75) is 37.8 Å². The number of aliphatic carboxylic acids is 1. The SMILES string of the molecule is NC1CCN(CC(=O)N2CCC[C@@H]2C(=O)O)CC1. The molecule has 0 saturated carbocycles. The number of carbonyl (C=O) groups excluding carboxylic acids is 1. The van der Waals surface area contributed by atoms with Crippen molar-refractivity contribution in [3.8, 4) is 0 Å². The van der Waals surface area contributed by atoms with E-state index in [1.807, 2.05) is 0 Å². The van der Waals surface area contributed by atoms with Gasteiger partial charge in [0.15, 0.2) is 0 Å². The molecule has 0 spiro atoms. The van der Waals surface area contributed by atoms with Crippen LogP contribution in [0.3, 0.4) is 0 Å². The number of carboxylic acids is 1. The van der Waals surface area contributed by atoms with Gasteiger partial charge in [-0.15, -0.1) is 0 Å². The third-order valence-corrected chi connectivity index (χ3v) is 3.85. The van der Waals surface area contributed by atoms with Crippen LogP contribution in [0.25, 0.3) is 0 Å². The van der Waals surface area contributed by atoms with E-state index in [2.05, 4.69) is 4.90 Å². The quantitative estimate of drug-likeness (QED) is 0.709. The molecule has 18 heavy (non-hydrogen) atoms. The van der Waals surface area contributed by atoms with Gasteiger partial charge in [-0.25, -0.2) is 4.79 Å². The maximum atomic E-state index is 12.1. The second-order valence-corrected chi connectivity index (χ2v) is 5.20. The molecule has 0 aromatic heterocycles. The van der Waals surface area contributed by atoms with E-state index in [1.54, 1.807) is 0 Å². The van der Waals surface area contributed by atoms with E-state index in [4.69, 9.17) is 10.8 Å². The first-order valence-corrected chi connectivity index (χ1v) is 6.58. The summed E-state index contributed by atoms with van der Waals surface area (Å²) >= 11 is 0. The van der Waals surface area contributed by atoms with Crippen LogP contribution in [-0.2, 0) is 9.59 Å². The second kappa shape index (κ2) is 5.67. The fraction of sp³-hybridized carbons (Fsp3) is 0.833. The second-order valence-electron chi connectivity index (χ2n) is 5.20. The van der Waals surface area contributed by atoms with E-state index >= 15 is 0 Å². The number of rotatable bonds is 3. The van der Waals surface area contributed by atoms with Gasteiger partial charge in [0.1, 0.15) is 6.04 Å². The molecule has 2 heterocycles. The number of carboxylic acid groups (broad SMARTS) is 1. The number of nitrogens with zero attached hydrogens (tertiary/aromatic N) is 2. The molecular formula is C12H21N3O3. The summed E-state index contributed by atoms with van der Waals surface area (Å²) in [5, 5.41) is 9.05. The van der Waals surface area contributed by atoms with Gasteiger partial charge in [-0.3, -0.25) is 9.69 Å². The van der Waals surface area contributed by atoms with Crippen LogP contribution in [0.5, 0.6) is 0 Å². The van der Waals surface area contributed by atoms with Crippen LogP contribution in [-0.4, -0.2) is 65.0 Å². The summed E-state index contributed by atoms with van der Waals surface area (Å²) in [5.74, 6) is -0.947. The lowest BCUT2D eigenvalue weighted by Crippen LogP contribution is -2.48. The van der Waals surface area contributed by atoms with E-state index in [9.17, 15) is 9.59 Å². The average molecular weight is 255 g/mol. The van der Waals surface area contributed by atoms with Gasteiger partial charge in [0, 0.05) is 25.7 Å². The van der Waals surface area contributed by atoms with Crippen LogP contribution in [0.4, 0.5) is 0 Å². The zero-order valence-electron chi connectivity index (χ0n) is 10.5. The fourth-order valence-electron chi connectivity index (χ4n) is 2.72. The average Bonchev–Trinajstić information content (AvgIpc) is 2.81. The molecule has 1 atom stereocenters. The number of hydrogen-bond acceptors (Lipinski definition) is 4. The molecule has 2 saturated heterocycles. The Morgan fingerprint density at radius 2 is 1.83 bits per heavy atom. The third kappa shape index (κ3) is 3.00. The van der Waals surface area contributed by atoms with Gasteiger partial charge in [0.25, 0.3) is 0 Å². The van der Waals surface area contributed by atoms with Crippen molar-refractivity contribution in [1.82, 2.24) is 9.80 Å². The summed E-state index contributed by atoms with van der Waals surface area (Å²) in [5.41, 5.74) is 5.81. The zero-order valence-corrected chi connectivity index (χ0v) is 10.5. The highest BCUT2D eigenvalue weighted by atomic mass is 16.4. The van der Waals surface area contributed by atoms with Crippen molar-refractivity contribution >= 4 is 11.9 Å². The van der Waals surface area contributed by atoms with Gasteiger partial charge >= 0.3 is 5.97 Å². The van der Waals surface area contributed by atoms with Crippen molar-refractivity contribution < 1.29 is 14.7 Å². The molecule has 6 heteroatoms. The molecule has 2 aliphatic rings. The molecule has 0 radical (unpaired) electrons. The van der Waals surface area contributed by atoms with Crippen LogP contribution in [0, 0.1) is 0 Å². The summed E-state index contributed by atoms with van der Waals surface area (Å²) in [6.45, 7) is 2.57. The smallest absolute Gasteiger partial charge is 0.326 e. The van der Waals surface area contributed by atoms with Crippen molar-refractivity contribution in [3.05, 3.63) is 0 Å². The molecule has 0 aromatic rings. The van der Waals surface area contributed by atoms with Crippen LogP contribution in [0.2, 0.25) is 0 Å². The Kier molecular flexibility index (Phi) is 4.19. The molecule has 102 valence electrons. The number of nitrogens with two attached hydrogens (primary N) is 1. The highest BCUT2D eigenvalue weighted by Gasteiger charge is 2.34. The topological polar surface area (TPSA) is 86.9 Å². The zero-order chi connectivity index (χ0) is 13.1. The third-order valence-electron chi connectivity index (χ3n) is 3.85. The van der Waals surface area contributed by atoms with Crippen LogP contribution < -0.4 is 5.73 Å². The number of piperidine rings is 1. The normalized spacial score (nSPS) is 26.5. The van der Waals surface area contributed by atoms with Crippen molar-refractivity contribution in [3.63, 3.8) is 0 Å². The van der Waals surface area contributed by atoms with Crippen molar-refractivity contribution in [1.29, 1.82) is 0 Å². The van der Waals surface area contributed by atoms with E-state index < -0.39 is 12.0 Å². The number of likely N-dealkylation sites (tertiary alicyclic amines) is 2. The lowest BCUT2D eigenvalue weighted by atomic mass is 10.1. The van der Waals surface area contributed by atoms with Crippen LogP contribution in [0.15, 0.2) is 0 Å². The first kappa shape index (κ1) is 13.3. The van der Waals surface area contributed by atoms with Gasteiger partial charge in [0.05, 0.1) is 6.54 Å². The number of hydrogen-bond donors (Lipinski definition) is 2. The standard InChI is InChI=1S/C12H21N3O3/c13-9-3-6-14(7-4-9)8-11(16)15-5-1-2-10(15)12(17)18/h9-10H,1-8,13H2,(H,17,18)/t10-/m1/s1. The van der Waals surface area contributed by atoms with Gasteiger partial charge in [0.2, 0.25) is 5.91 Å². The van der Waals surface area contributed by atoms with Crippen LogP contribution >= 0.6 is 0 Å². The highest BCUT2D eigenvalue weighted by Crippen LogP contribution is 2.18. The van der Waals surface area contributed by atoms with Crippen molar-refractivity contribution in [2.75, 3.05) is 26.2 Å². The lowest BCUT2D eigenvalue weighted by molar-refractivity contribution is -0.148. The van der Waals surface area contributed by atoms with Gasteiger partial charge in [-0.1, -0.05) is 0 Å². The Labute approximate surface area is 107 Å². The minimum atomic E-state index is -0.887. The molecule has 2 aliphatic heterocycles. The minimum Gasteiger partial charge on any atom is -0.480 e. The Bertz CT molecular complexity index is 327. The lowest BCUT2D eigenvalue weighted by Gasteiger charge is -2.31. The largest absolute Gasteiger partial charge is 0.480 e. The molecule has 3 N–H and O–H groups in total. The molecule has 2 rings (SSSR count). The van der Waals surface area contributed by atoms with E-state index in [0.717, 1.165) is 32.4 Å². The maximum absolute atomic E-state index is 12.1. The molecule has 1 amide bonds. The molecule has 2 fully saturated rings. The first-order chi connectivity index (χ1) is 8.58. The summed E-state index contributed by atoms with van der Waals surface area (Å²) < 4.78 is 0. The molecule has 0 bridgehead atoms. The fourth-order valence-corrected chi connectivity index (χ4v) is 2.72. The first-order valence-electron chi connectivity index (χ1n) is 6.58. The monoisotopic (exact) mass is 255 g/mol. The van der Waals surface area contributed by atoms with Gasteiger partial charge in [-0.05, 0) is 25.7 Å². The van der Waals surface area contributed by atoms with E-state index in [-0.39, 0.29) is 11.9 Å². The molecule has 0 unspecified atom stereocenters. The summed E-state index contributed by atoms with van der Waals surface area (Å²) in [6, 6.07) is -0.376. The minimum absolute atomic E-state index is 0.0598. The van der Waals surface area contributed by atoms with E-state index in [0.29, 0.717) is 19.5 Å². The number of carbonyl (C=O) groups is 2. The summed E-state index contributed by atoms with van der Waals surface area (Å²) in [7, 11) is 0. The Hall–Kier alpha value is -1.14. The van der Waals surface area contributed by atoms with Gasteiger partial charge < -0.3 is 15.7 Å². The Morgan fingerprint density at radius 1 is 1.17 bits per heavy atom. The molecule has 6 nitrogen and oxygen atoms in total.